The van der Waals surface area contributed by atoms with Crippen LogP contribution < -0.4 is 10.2 Å². The van der Waals surface area contributed by atoms with Crippen molar-refractivity contribution in [2.24, 2.45) is 0 Å². The van der Waals surface area contributed by atoms with E-state index in [0.717, 1.165) is 25.1 Å². The second-order valence-corrected chi connectivity index (χ2v) is 6.53. The van der Waals surface area contributed by atoms with Gasteiger partial charge in [-0.25, -0.2) is 9.59 Å². The van der Waals surface area contributed by atoms with Crippen LogP contribution in [0.25, 0.3) is 0 Å². The SMILES string of the molecule is CCOC(=O)c1ccccc1N1CCN(C(=O)NCC2CCCO2)CC1. The first-order valence-corrected chi connectivity index (χ1v) is 9.34. The number of rotatable bonds is 5. The molecule has 1 unspecified atom stereocenters. The molecule has 2 amide bonds. The van der Waals surface area contributed by atoms with Crippen molar-refractivity contribution in [3.05, 3.63) is 29.8 Å². The molecule has 3 rings (SSSR count). The van der Waals surface area contributed by atoms with Gasteiger partial charge in [-0.3, -0.25) is 0 Å². The minimum absolute atomic E-state index is 0.0428. The zero-order chi connectivity index (χ0) is 18.4. The zero-order valence-corrected chi connectivity index (χ0v) is 15.3. The normalized spacial score (nSPS) is 20.1. The Bertz CT molecular complexity index is 623. The van der Waals surface area contributed by atoms with Gasteiger partial charge in [0.15, 0.2) is 0 Å². The number of carbonyl (C=O) groups is 2. The topological polar surface area (TPSA) is 71.1 Å². The maximum Gasteiger partial charge on any atom is 0.340 e. The first-order valence-electron chi connectivity index (χ1n) is 9.34. The van der Waals surface area contributed by atoms with E-state index >= 15 is 0 Å². The highest BCUT2D eigenvalue weighted by Gasteiger charge is 2.25. The molecule has 142 valence electrons. The molecule has 1 aromatic rings. The summed E-state index contributed by atoms with van der Waals surface area (Å²) in [6, 6.07) is 7.43. The number of hydrogen-bond donors (Lipinski definition) is 1. The highest BCUT2D eigenvalue weighted by molar-refractivity contribution is 5.96. The minimum Gasteiger partial charge on any atom is -0.462 e. The van der Waals surface area contributed by atoms with Crippen LogP contribution in [0.15, 0.2) is 24.3 Å². The van der Waals surface area contributed by atoms with E-state index in [9.17, 15) is 9.59 Å². The molecule has 2 saturated heterocycles. The number of carbonyl (C=O) groups excluding carboxylic acids is 2. The van der Waals surface area contributed by atoms with Crippen molar-refractivity contribution in [2.75, 3.05) is 50.8 Å². The summed E-state index contributed by atoms with van der Waals surface area (Å²) < 4.78 is 10.7. The molecule has 7 nitrogen and oxygen atoms in total. The number of esters is 1. The monoisotopic (exact) mass is 361 g/mol. The number of para-hydroxylation sites is 1. The summed E-state index contributed by atoms with van der Waals surface area (Å²) in [5.74, 6) is -0.306. The van der Waals surface area contributed by atoms with E-state index in [1.807, 2.05) is 23.1 Å². The molecular formula is C19H27N3O4. The molecule has 1 aromatic carbocycles. The predicted molar refractivity (Wildman–Crippen MR) is 98.6 cm³/mol. The average molecular weight is 361 g/mol. The smallest absolute Gasteiger partial charge is 0.340 e. The summed E-state index contributed by atoms with van der Waals surface area (Å²) in [7, 11) is 0. The molecule has 1 N–H and O–H groups in total. The van der Waals surface area contributed by atoms with E-state index in [1.54, 1.807) is 13.0 Å². The lowest BCUT2D eigenvalue weighted by Crippen LogP contribution is -2.52. The van der Waals surface area contributed by atoms with E-state index < -0.39 is 0 Å². The predicted octanol–water partition coefficient (Wildman–Crippen LogP) is 1.87. The standard InChI is InChI=1S/C19H27N3O4/c1-2-25-18(23)16-7-3-4-8-17(16)21-9-11-22(12-10-21)19(24)20-14-15-6-5-13-26-15/h3-4,7-8,15H,2,5-6,9-14H2,1H3,(H,20,24). The van der Waals surface area contributed by atoms with E-state index in [4.69, 9.17) is 9.47 Å². The molecule has 2 aliphatic rings. The number of urea groups is 1. The number of piperazine rings is 1. The molecule has 2 aliphatic heterocycles. The van der Waals surface area contributed by atoms with Crippen molar-refractivity contribution in [3.63, 3.8) is 0 Å². The van der Waals surface area contributed by atoms with Crippen molar-refractivity contribution in [2.45, 2.75) is 25.9 Å². The molecule has 26 heavy (non-hydrogen) atoms. The van der Waals surface area contributed by atoms with Gasteiger partial charge in [0.2, 0.25) is 0 Å². The number of nitrogens with one attached hydrogen (secondary N) is 1. The van der Waals surface area contributed by atoms with E-state index in [2.05, 4.69) is 10.2 Å². The summed E-state index contributed by atoms with van der Waals surface area (Å²) in [5, 5.41) is 2.96. The fraction of sp³-hybridized carbons (Fsp3) is 0.579. The van der Waals surface area contributed by atoms with Gasteiger partial charge in [-0.05, 0) is 31.9 Å². The average Bonchev–Trinajstić information content (AvgIpc) is 3.20. The van der Waals surface area contributed by atoms with Gasteiger partial charge in [0.25, 0.3) is 0 Å². The second-order valence-electron chi connectivity index (χ2n) is 6.53. The summed E-state index contributed by atoms with van der Waals surface area (Å²) in [4.78, 5) is 28.4. The number of anilines is 1. The fourth-order valence-electron chi connectivity index (χ4n) is 3.40. The largest absolute Gasteiger partial charge is 0.462 e. The third kappa shape index (κ3) is 4.46. The van der Waals surface area contributed by atoms with Gasteiger partial charge in [-0.15, -0.1) is 0 Å². The quantitative estimate of drug-likeness (QED) is 0.811. The summed E-state index contributed by atoms with van der Waals surface area (Å²) in [6.45, 7) is 6.13. The lowest BCUT2D eigenvalue weighted by atomic mass is 10.1. The first kappa shape index (κ1) is 18.5. The Balaban J connectivity index is 1.53. The van der Waals surface area contributed by atoms with Gasteiger partial charge >= 0.3 is 12.0 Å². The van der Waals surface area contributed by atoms with Crippen molar-refractivity contribution in [1.29, 1.82) is 0 Å². The van der Waals surface area contributed by atoms with Gasteiger partial charge in [-0.1, -0.05) is 12.1 Å². The molecule has 0 saturated carbocycles. The highest BCUT2D eigenvalue weighted by Crippen LogP contribution is 2.23. The van der Waals surface area contributed by atoms with Crippen molar-refractivity contribution in [1.82, 2.24) is 10.2 Å². The Kier molecular flexibility index (Phi) is 6.33. The Morgan fingerprint density at radius 2 is 2.00 bits per heavy atom. The van der Waals surface area contributed by atoms with Crippen LogP contribution in [-0.2, 0) is 9.47 Å². The number of benzene rings is 1. The third-order valence-corrected chi connectivity index (χ3v) is 4.81. The minimum atomic E-state index is -0.306. The fourth-order valence-corrected chi connectivity index (χ4v) is 3.40. The van der Waals surface area contributed by atoms with Crippen LogP contribution in [0.3, 0.4) is 0 Å². The van der Waals surface area contributed by atoms with Gasteiger partial charge in [0.05, 0.1) is 24.0 Å². The zero-order valence-electron chi connectivity index (χ0n) is 15.3. The van der Waals surface area contributed by atoms with Crippen LogP contribution in [0.4, 0.5) is 10.5 Å². The highest BCUT2D eigenvalue weighted by atomic mass is 16.5. The molecular weight excluding hydrogens is 334 g/mol. The third-order valence-electron chi connectivity index (χ3n) is 4.81. The molecule has 0 spiro atoms. The Hall–Kier alpha value is -2.28. The first-order chi connectivity index (χ1) is 12.7. The van der Waals surface area contributed by atoms with Crippen LogP contribution >= 0.6 is 0 Å². The molecule has 0 aromatic heterocycles. The molecule has 0 radical (unpaired) electrons. The Morgan fingerprint density at radius 1 is 1.23 bits per heavy atom. The van der Waals surface area contributed by atoms with Crippen molar-refractivity contribution < 1.29 is 19.1 Å². The second kappa shape index (κ2) is 8.89. The summed E-state index contributed by atoms with van der Waals surface area (Å²) >= 11 is 0. The molecule has 1 atom stereocenters. The lowest BCUT2D eigenvalue weighted by Gasteiger charge is -2.36. The number of ether oxygens (including phenoxy) is 2. The molecule has 0 aliphatic carbocycles. The van der Waals surface area contributed by atoms with Crippen molar-refractivity contribution >= 4 is 17.7 Å². The molecule has 0 bridgehead atoms. The summed E-state index contributed by atoms with van der Waals surface area (Å²) in [6.07, 6.45) is 2.23. The molecule has 2 heterocycles. The Morgan fingerprint density at radius 3 is 2.69 bits per heavy atom. The molecule has 7 heteroatoms. The lowest BCUT2D eigenvalue weighted by molar-refractivity contribution is 0.0527. The van der Waals surface area contributed by atoms with Crippen LogP contribution in [-0.4, -0.2) is 68.9 Å². The van der Waals surface area contributed by atoms with Crippen LogP contribution in [0.5, 0.6) is 0 Å². The number of nitrogens with zero attached hydrogens (tertiary/aromatic N) is 2. The van der Waals surface area contributed by atoms with Crippen LogP contribution in [0.1, 0.15) is 30.1 Å². The number of amides is 2. The van der Waals surface area contributed by atoms with E-state index in [1.165, 1.54) is 0 Å². The summed E-state index contributed by atoms with van der Waals surface area (Å²) in [5.41, 5.74) is 1.44. The van der Waals surface area contributed by atoms with Gasteiger partial charge < -0.3 is 24.6 Å². The maximum absolute atomic E-state index is 12.3. The van der Waals surface area contributed by atoms with Gasteiger partial charge in [0.1, 0.15) is 0 Å². The van der Waals surface area contributed by atoms with Crippen LogP contribution in [0.2, 0.25) is 0 Å². The number of hydrogen-bond acceptors (Lipinski definition) is 5. The van der Waals surface area contributed by atoms with Gasteiger partial charge in [-0.2, -0.15) is 0 Å². The van der Waals surface area contributed by atoms with E-state index in [-0.39, 0.29) is 18.1 Å². The van der Waals surface area contributed by atoms with Crippen molar-refractivity contribution in [3.8, 4) is 0 Å². The van der Waals surface area contributed by atoms with E-state index in [0.29, 0.717) is 44.9 Å². The molecule has 2 fully saturated rings. The van der Waals surface area contributed by atoms with Gasteiger partial charge in [0, 0.05) is 39.3 Å². The maximum atomic E-state index is 12.3. The van der Waals surface area contributed by atoms with Crippen LogP contribution in [0, 0.1) is 0 Å². The Labute approximate surface area is 154 Å².